The highest BCUT2D eigenvalue weighted by Gasteiger charge is 2.17. The second-order valence-corrected chi connectivity index (χ2v) is 4.33. The van der Waals surface area contributed by atoms with Gasteiger partial charge in [0.2, 0.25) is 0 Å². The number of aromatic hydroxyl groups is 2. The Labute approximate surface area is 119 Å². The molecule has 0 saturated carbocycles. The van der Waals surface area contributed by atoms with Crippen LogP contribution in [0.25, 0.3) is 17.0 Å². The number of rotatable bonds is 2. The number of hydrogen-bond acceptors (Lipinski definition) is 6. The van der Waals surface area contributed by atoms with Gasteiger partial charge in [-0.25, -0.2) is 4.79 Å². The molecule has 106 valence electrons. The lowest BCUT2D eigenvalue weighted by Gasteiger charge is -2.06. The smallest absolute Gasteiger partial charge is 0.339 e. The van der Waals surface area contributed by atoms with Crippen molar-refractivity contribution in [2.24, 2.45) is 0 Å². The van der Waals surface area contributed by atoms with E-state index >= 15 is 0 Å². The Morgan fingerprint density at radius 3 is 2.52 bits per heavy atom. The average Bonchev–Trinajstić information content (AvgIpc) is 2.89. The number of carbonyl (C=O) groups is 1. The molecule has 7 heteroatoms. The maximum Gasteiger partial charge on any atom is 0.339 e. The molecule has 2 N–H and O–H groups in total. The van der Waals surface area contributed by atoms with E-state index in [0.717, 1.165) is 0 Å². The van der Waals surface area contributed by atoms with Crippen molar-refractivity contribution in [1.82, 2.24) is 14.6 Å². The largest absolute Gasteiger partial charge is 0.507 e. The number of fused-ring (bicyclic) bond motifs is 1. The predicted octanol–water partition coefficient (Wildman–Crippen LogP) is 1.59. The van der Waals surface area contributed by atoms with Gasteiger partial charge < -0.3 is 14.9 Å². The average molecular weight is 285 g/mol. The summed E-state index contributed by atoms with van der Waals surface area (Å²) in [6.45, 7) is 0. The van der Waals surface area contributed by atoms with Crippen molar-refractivity contribution in [2.45, 2.75) is 0 Å². The zero-order valence-electron chi connectivity index (χ0n) is 11.0. The van der Waals surface area contributed by atoms with E-state index in [0.29, 0.717) is 11.2 Å². The molecule has 2 aromatic heterocycles. The van der Waals surface area contributed by atoms with E-state index in [9.17, 15) is 15.0 Å². The van der Waals surface area contributed by atoms with Crippen LogP contribution in [0.15, 0.2) is 36.5 Å². The van der Waals surface area contributed by atoms with Crippen LogP contribution in [-0.4, -0.2) is 37.9 Å². The number of carbonyl (C=O) groups excluding carboxylic acids is 1. The Morgan fingerprint density at radius 1 is 1.14 bits per heavy atom. The molecule has 0 aliphatic heterocycles. The second-order valence-electron chi connectivity index (χ2n) is 4.33. The first-order chi connectivity index (χ1) is 10.1. The predicted molar refractivity (Wildman–Crippen MR) is 73.1 cm³/mol. The normalized spacial score (nSPS) is 10.7. The molecule has 3 rings (SSSR count). The summed E-state index contributed by atoms with van der Waals surface area (Å²) < 4.78 is 6.16. The fourth-order valence-corrected chi connectivity index (χ4v) is 2.06. The van der Waals surface area contributed by atoms with Crippen LogP contribution >= 0.6 is 0 Å². The van der Waals surface area contributed by atoms with E-state index in [-0.39, 0.29) is 22.9 Å². The molecule has 0 unspecified atom stereocenters. The maximum absolute atomic E-state index is 11.6. The Morgan fingerprint density at radius 2 is 1.86 bits per heavy atom. The summed E-state index contributed by atoms with van der Waals surface area (Å²) in [4.78, 5) is 11.6. The van der Waals surface area contributed by atoms with Gasteiger partial charge in [-0.2, -0.15) is 0 Å². The molecule has 0 atom stereocenters. The van der Waals surface area contributed by atoms with Crippen LogP contribution in [0, 0.1) is 0 Å². The fraction of sp³-hybridized carbons (Fsp3) is 0.0714. The van der Waals surface area contributed by atoms with Gasteiger partial charge >= 0.3 is 5.97 Å². The SMILES string of the molecule is COC(=O)c1ccc2nnc(-c3c(O)cccc3O)n2c1. The number of pyridine rings is 1. The number of nitrogens with zero attached hydrogens (tertiary/aromatic N) is 3. The second kappa shape index (κ2) is 4.78. The lowest BCUT2D eigenvalue weighted by Crippen LogP contribution is -2.03. The Bertz CT molecular complexity index is 821. The van der Waals surface area contributed by atoms with E-state index in [2.05, 4.69) is 14.9 Å². The third-order valence-corrected chi connectivity index (χ3v) is 3.07. The zero-order chi connectivity index (χ0) is 15.0. The third-order valence-electron chi connectivity index (χ3n) is 3.07. The minimum atomic E-state index is -0.502. The van der Waals surface area contributed by atoms with Crippen molar-refractivity contribution in [3.63, 3.8) is 0 Å². The van der Waals surface area contributed by atoms with E-state index in [1.54, 1.807) is 12.1 Å². The lowest BCUT2D eigenvalue weighted by molar-refractivity contribution is 0.0600. The summed E-state index contributed by atoms with van der Waals surface area (Å²) >= 11 is 0. The summed E-state index contributed by atoms with van der Waals surface area (Å²) in [5, 5.41) is 27.7. The van der Waals surface area contributed by atoms with Gasteiger partial charge in [0, 0.05) is 6.20 Å². The first-order valence-electron chi connectivity index (χ1n) is 6.06. The van der Waals surface area contributed by atoms with Gasteiger partial charge in [0.05, 0.1) is 12.7 Å². The van der Waals surface area contributed by atoms with E-state index in [1.807, 2.05) is 0 Å². The summed E-state index contributed by atoms with van der Waals surface area (Å²) in [5.74, 6) is -0.537. The molecule has 0 saturated heterocycles. The van der Waals surface area contributed by atoms with Crippen molar-refractivity contribution in [3.05, 3.63) is 42.1 Å². The molecule has 0 fully saturated rings. The highest BCUT2D eigenvalue weighted by Crippen LogP contribution is 2.35. The molecule has 7 nitrogen and oxygen atoms in total. The summed E-state index contributed by atoms with van der Waals surface area (Å²) in [5.41, 5.74) is 0.924. The minimum Gasteiger partial charge on any atom is -0.507 e. The summed E-state index contributed by atoms with van der Waals surface area (Å²) in [7, 11) is 1.29. The van der Waals surface area contributed by atoms with Crippen molar-refractivity contribution < 1.29 is 19.7 Å². The van der Waals surface area contributed by atoms with E-state index in [1.165, 1.54) is 35.9 Å². The van der Waals surface area contributed by atoms with Gasteiger partial charge in [-0.1, -0.05) is 6.07 Å². The summed E-state index contributed by atoms with van der Waals surface area (Å²) in [6.07, 6.45) is 1.49. The van der Waals surface area contributed by atoms with Crippen LogP contribution < -0.4 is 0 Å². The van der Waals surface area contributed by atoms with Crippen LogP contribution in [-0.2, 0) is 4.74 Å². The molecule has 0 bridgehead atoms. The highest BCUT2D eigenvalue weighted by atomic mass is 16.5. The van der Waals surface area contributed by atoms with Crippen LogP contribution in [0.3, 0.4) is 0 Å². The molecule has 0 radical (unpaired) electrons. The van der Waals surface area contributed by atoms with Gasteiger partial charge in [0.1, 0.15) is 17.1 Å². The molecule has 2 heterocycles. The third kappa shape index (κ3) is 2.04. The summed E-state index contributed by atoms with van der Waals surface area (Å²) in [6, 6.07) is 7.53. The molecule has 0 aliphatic carbocycles. The standard InChI is InChI=1S/C14H11N3O4/c1-21-14(20)8-5-6-11-15-16-13(17(11)7-8)12-9(18)3-2-4-10(12)19/h2-7,18-19H,1H3. The van der Waals surface area contributed by atoms with Crippen LogP contribution in [0.2, 0.25) is 0 Å². The Hall–Kier alpha value is -3.09. The van der Waals surface area contributed by atoms with Gasteiger partial charge in [0.15, 0.2) is 11.5 Å². The van der Waals surface area contributed by atoms with Gasteiger partial charge in [-0.15, -0.1) is 10.2 Å². The number of aromatic nitrogens is 3. The van der Waals surface area contributed by atoms with Crippen molar-refractivity contribution in [1.29, 1.82) is 0 Å². The number of esters is 1. The van der Waals surface area contributed by atoms with E-state index < -0.39 is 5.97 Å². The van der Waals surface area contributed by atoms with Crippen LogP contribution in [0.1, 0.15) is 10.4 Å². The number of methoxy groups -OCH3 is 1. The van der Waals surface area contributed by atoms with Crippen LogP contribution in [0.5, 0.6) is 11.5 Å². The van der Waals surface area contributed by atoms with Crippen molar-refractivity contribution in [3.8, 4) is 22.9 Å². The fourth-order valence-electron chi connectivity index (χ4n) is 2.06. The molecule has 0 aliphatic rings. The molecule has 3 aromatic rings. The first-order valence-corrected chi connectivity index (χ1v) is 6.06. The van der Waals surface area contributed by atoms with Gasteiger partial charge in [0.25, 0.3) is 0 Å². The van der Waals surface area contributed by atoms with Gasteiger partial charge in [-0.3, -0.25) is 4.40 Å². The number of phenolic OH excluding ortho intramolecular Hbond substituents is 2. The number of benzene rings is 1. The molecular weight excluding hydrogens is 274 g/mol. The monoisotopic (exact) mass is 285 g/mol. The molecular formula is C14H11N3O4. The molecule has 0 spiro atoms. The highest BCUT2D eigenvalue weighted by molar-refractivity contribution is 5.89. The zero-order valence-corrected chi connectivity index (χ0v) is 11.0. The van der Waals surface area contributed by atoms with Crippen molar-refractivity contribution >= 4 is 11.6 Å². The number of hydrogen-bond donors (Lipinski definition) is 2. The minimum absolute atomic E-state index is 0.132. The Balaban J connectivity index is 2.26. The maximum atomic E-state index is 11.6. The number of ether oxygens (including phenoxy) is 1. The Kier molecular flexibility index (Phi) is 2.94. The lowest BCUT2D eigenvalue weighted by atomic mass is 10.1. The van der Waals surface area contributed by atoms with E-state index in [4.69, 9.17) is 0 Å². The van der Waals surface area contributed by atoms with Gasteiger partial charge in [-0.05, 0) is 24.3 Å². The van der Waals surface area contributed by atoms with Crippen LogP contribution in [0.4, 0.5) is 0 Å². The van der Waals surface area contributed by atoms with Crippen molar-refractivity contribution in [2.75, 3.05) is 7.11 Å². The molecule has 0 amide bonds. The topological polar surface area (TPSA) is 97.0 Å². The number of phenols is 2. The molecule has 21 heavy (non-hydrogen) atoms. The molecule has 1 aromatic carbocycles. The first kappa shape index (κ1) is 12.9. The quantitative estimate of drug-likeness (QED) is 0.694.